The highest BCUT2D eigenvalue weighted by Crippen LogP contribution is 2.32. The lowest BCUT2D eigenvalue weighted by Crippen LogP contribution is -2.36. The molecule has 7 heteroatoms. The second-order valence-corrected chi connectivity index (χ2v) is 11.5. The number of nitrogens with one attached hydrogen (secondary N) is 2. The number of carbonyl (C=O) groups excluding carboxylic acids is 1. The molecule has 6 nitrogen and oxygen atoms in total. The van der Waals surface area contributed by atoms with Gasteiger partial charge in [0, 0.05) is 35.7 Å². The number of carbonyl (C=O) groups is 1. The van der Waals surface area contributed by atoms with Gasteiger partial charge in [-0.15, -0.1) is 0 Å². The molecule has 4 rings (SSSR count). The number of hydrogen-bond acceptors (Lipinski definition) is 4. The van der Waals surface area contributed by atoms with Crippen LogP contribution in [0.5, 0.6) is 0 Å². The molecule has 0 atom stereocenters. The van der Waals surface area contributed by atoms with Crippen molar-refractivity contribution in [3.05, 3.63) is 90.5 Å². The minimum absolute atomic E-state index is 0.0676. The quantitative estimate of drug-likeness (QED) is 0.102. The highest BCUT2D eigenvalue weighted by molar-refractivity contribution is 7.99. The summed E-state index contributed by atoms with van der Waals surface area (Å²) in [5.41, 5.74) is 5.56. The molecule has 218 valence electrons. The highest BCUT2D eigenvalue weighted by Gasteiger charge is 2.15. The predicted molar refractivity (Wildman–Crippen MR) is 175 cm³/mol. The Morgan fingerprint density at radius 3 is 2.10 bits per heavy atom. The van der Waals surface area contributed by atoms with Crippen LogP contribution in [0.2, 0.25) is 0 Å². The van der Waals surface area contributed by atoms with Crippen LogP contribution in [0, 0.1) is 11.3 Å². The zero-order valence-electron chi connectivity index (χ0n) is 24.5. The maximum Gasteiger partial charge on any atom is 0.321 e. The van der Waals surface area contributed by atoms with Gasteiger partial charge in [-0.25, -0.2) is 9.78 Å². The van der Waals surface area contributed by atoms with E-state index in [1.165, 1.54) is 19.3 Å². The number of hydrogen-bond donors (Lipinski definition) is 2. The van der Waals surface area contributed by atoms with Gasteiger partial charge in [0.25, 0.3) is 0 Å². The SMILES string of the molecule is CCCCCCCN(CCCCCSc1nc(-c2ccccc2)c(-c2ccccc2)[nH]1)C(=O)Nc1ccc(C#N)cc1. The van der Waals surface area contributed by atoms with Crippen LogP contribution in [-0.4, -0.2) is 39.7 Å². The van der Waals surface area contributed by atoms with E-state index in [-0.39, 0.29) is 6.03 Å². The molecule has 1 aromatic heterocycles. The topological polar surface area (TPSA) is 84.8 Å². The lowest BCUT2D eigenvalue weighted by Gasteiger charge is -2.23. The van der Waals surface area contributed by atoms with Gasteiger partial charge in [0.15, 0.2) is 5.16 Å². The number of benzene rings is 3. The fourth-order valence-electron chi connectivity index (χ4n) is 4.84. The molecule has 2 N–H and O–H groups in total. The van der Waals surface area contributed by atoms with Crippen molar-refractivity contribution in [1.82, 2.24) is 14.9 Å². The van der Waals surface area contributed by atoms with Crippen molar-refractivity contribution < 1.29 is 4.79 Å². The number of urea groups is 1. The van der Waals surface area contributed by atoms with Crippen LogP contribution in [0.3, 0.4) is 0 Å². The number of aromatic amines is 1. The van der Waals surface area contributed by atoms with Gasteiger partial charge in [0.2, 0.25) is 0 Å². The standard InChI is InChI=1S/C35H41N5OS/c1-2-3-4-5-13-24-40(35(41)37-31-22-20-28(27-36)21-23-31)25-14-8-15-26-42-34-38-32(29-16-9-6-10-17-29)33(39-34)30-18-11-7-12-19-30/h6-7,9-12,16-23H,2-5,8,13-15,24-26H2,1H3,(H,37,41)(H,38,39). The van der Waals surface area contributed by atoms with Crippen LogP contribution in [0.1, 0.15) is 63.9 Å². The third-order valence-corrected chi connectivity index (χ3v) is 8.15. The maximum atomic E-state index is 13.1. The fourth-order valence-corrected chi connectivity index (χ4v) is 5.71. The summed E-state index contributed by atoms with van der Waals surface area (Å²) in [7, 11) is 0. The molecule has 0 bridgehead atoms. The molecule has 0 aliphatic carbocycles. The first-order chi connectivity index (χ1) is 20.7. The first kappa shape index (κ1) is 30.9. The van der Waals surface area contributed by atoms with Gasteiger partial charge >= 0.3 is 6.03 Å². The Hall–Kier alpha value is -4.02. The lowest BCUT2D eigenvalue weighted by atomic mass is 10.1. The monoisotopic (exact) mass is 579 g/mol. The Labute approximate surface area is 254 Å². The van der Waals surface area contributed by atoms with Crippen molar-refractivity contribution in [2.24, 2.45) is 0 Å². The van der Waals surface area contributed by atoms with Crippen LogP contribution < -0.4 is 5.32 Å². The highest BCUT2D eigenvalue weighted by atomic mass is 32.2. The minimum Gasteiger partial charge on any atom is -0.332 e. The Bertz CT molecular complexity index is 1340. The number of anilines is 1. The summed E-state index contributed by atoms with van der Waals surface area (Å²) >= 11 is 1.75. The van der Waals surface area contributed by atoms with Crippen LogP contribution in [0.4, 0.5) is 10.5 Å². The number of nitriles is 1. The summed E-state index contributed by atoms with van der Waals surface area (Å²) in [5, 5.41) is 13.0. The van der Waals surface area contributed by atoms with Gasteiger partial charge in [-0.3, -0.25) is 0 Å². The van der Waals surface area contributed by atoms with Gasteiger partial charge < -0.3 is 15.2 Å². The van der Waals surface area contributed by atoms with Gasteiger partial charge in [-0.1, -0.05) is 111 Å². The van der Waals surface area contributed by atoms with Gasteiger partial charge in [-0.05, 0) is 43.5 Å². The largest absolute Gasteiger partial charge is 0.332 e. The average Bonchev–Trinajstić information content (AvgIpc) is 3.47. The smallest absolute Gasteiger partial charge is 0.321 e. The van der Waals surface area contributed by atoms with Gasteiger partial charge in [0.05, 0.1) is 23.0 Å². The summed E-state index contributed by atoms with van der Waals surface area (Å²) in [4.78, 5) is 23.6. The van der Waals surface area contributed by atoms with Crippen molar-refractivity contribution in [1.29, 1.82) is 5.26 Å². The third kappa shape index (κ3) is 9.53. The molecular weight excluding hydrogens is 538 g/mol. The van der Waals surface area contributed by atoms with Crippen LogP contribution in [0.25, 0.3) is 22.5 Å². The van der Waals surface area contributed by atoms with Crippen LogP contribution >= 0.6 is 11.8 Å². The molecule has 1 heterocycles. The second kappa shape index (κ2) is 17.1. The summed E-state index contributed by atoms with van der Waals surface area (Å²) in [6, 6.07) is 29.8. The summed E-state index contributed by atoms with van der Waals surface area (Å²) in [5.74, 6) is 0.963. The minimum atomic E-state index is -0.0676. The summed E-state index contributed by atoms with van der Waals surface area (Å²) in [6.07, 6.45) is 8.87. The van der Waals surface area contributed by atoms with Crippen molar-refractivity contribution in [2.45, 2.75) is 63.4 Å². The molecule has 0 fully saturated rings. The Morgan fingerprint density at radius 2 is 1.45 bits per heavy atom. The third-order valence-electron chi connectivity index (χ3n) is 7.19. The molecule has 0 spiro atoms. The van der Waals surface area contributed by atoms with Crippen LogP contribution in [-0.2, 0) is 0 Å². The number of rotatable bonds is 16. The summed E-state index contributed by atoms with van der Waals surface area (Å²) < 4.78 is 0. The fraction of sp³-hybridized carbons (Fsp3) is 0.343. The molecule has 0 aliphatic heterocycles. The molecule has 2 amide bonds. The Balaban J connectivity index is 1.28. The number of amides is 2. The van der Waals surface area contributed by atoms with E-state index in [2.05, 4.69) is 59.7 Å². The van der Waals surface area contributed by atoms with E-state index < -0.39 is 0 Å². The first-order valence-electron chi connectivity index (χ1n) is 15.1. The van der Waals surface area contributed by atoms with Gasteiger partial charge in [-0.2, -0.15) is 5.26 Å². The van der Waals surface area contributed by atoms with E-state index in [1.807, 2.05) is 29.2 Å². The van der Waals surface area contributed by atoms with E-state index in [0.717, 1.165) is 84.3 Å². The van der Waals surface area contributed by atoms with E-state index in [0.29, 0.717) is 5.56 Å². The molecule has 4 aromatic rings. The van der Waals surface area contributed by atoms with Crippen LogP contribution in [0.15, 0.2) is 90.1 Å². The normalized spacial score (nSPS) is 10.8. The van der Waals surface area contributed by atoms with Crippen molar-refractivity contribution in [3.63, 3.8) is 0 Å². The number of imidazole rings is 1. The maximum absolute atomic E-state index is 13.1. The number of unbranched alkanes of at least 4 members (excludes halogenated alkanes) is 6. The average molecular weight is 580 g/mol. The first-order valence-corrected chi connectivity index (χ1v) is 16.1. The van der Waals surface area contributed by atoms with Crippen molar-refractivity contribution in [2.75, 3.05) is 24.2 Å². The lowest BCUT2D eigenvalue weighted by molar-refractivity contribution is 0.209. The van der Waals surface area contributed by atoms with Crippen molar-refractivity contribution >= 4 is 23.5 Å². The molecule has 0 saturated heterocycles. The summed E-state index contributed by atoms with van der Waals surface area (Å²) in [6.45, 7) is 3.71. The molecule has 0 aliphatic rings. The van der Waals surface area contributed by atoms with E-state index in [1.54, 1.807) is 36.0 Å². The Kier molecular flexibility index (Phi) is 12.6. The molecule has 0 unspecified atom stereocenters. The number of aromatic nitrogens is 2. The van der Waals surface area contributed by atoms with E-state index in [4.69, 9.17) is 10.2 Å². The number of nitrogens with zero attached hydrogens (tertiary/aromatic N) is 3. The van der Waals surface area contributed by atoms with E-state index in [9.17, 15) is 4.79 Å². The molecule has 42 heavy (non-hydrogen) atoms. The molecule has 3 aromatic carbocycles. The zero-order valence-corrected chi connectivity index (χ0v) is 25.3. The zero-order chi connectivity index (χ0) is 29.4. The number of H-pyrrole nitrogens is 1. The molecule has 0 saturated carbocycles. The molecule has 0 radical (unpaired) electrons. The molecular formula is C35H41N5OS. The Morgan fingerprint density at radius 1 is 0.833 bits per heavy atom. The van der Waals surface area contributed by atoms with E-state index >= 15 is 0 Å². The van der Waals surface area contributed by atoms with Crippen molar-refractivity contribution in [3.8, 4) is 28.6 Å². The van der Waals surface area contributed by atoms with Gasteiger partial charge in [0.1, 0.15) is 0 Å². The second-order valence-electron chi connectivity index (χ2n) is 10.4. The number of thioether (sulfide) groups is 1. The predicted octanol–water partition coefficient (Wildman–Crippen LogP) is 9.38.